The van der Waals surface area contributed by atoms with Gasteiger partial charge in [-0.25, -0.2) is 0 Å². The number of esters is 1. The first-order valence-corrected chi connectivity index (χ1v) is 5.94. The van der Waals surface area contributed by atoms with Gasteiger partial charge in [0.1, 0.15) is 6.61 Å². The smallest absolute Gasteiger partial charge is 0.307 e. The van der Waals surface area contributed by atoms with Crippen LogP contribution in [0.1, 0.15) is 15.9 Å². The summed E-state index contributed by atoms with van der Waals surface area (Å²) >= 11 is 2.25. The van der Waals surface area contributed by atoms with E-state index >= 15 is 0 Å². The summed E-state index contributed by atoms with van der Waals surface area (Å²) < 4.78 is 5.09. The molecule has 1 unspecified atom stereocenters. The quantitative estimate of drug-likeness (QED) is 0.361. The van der Waals surface area contributed by atoms with Crippen molar-refractivity contribution in [2.75, 3.05) is 6.61 Å². The minimum absolute atomic E-state index is 0.168. The van der Waals surface area contributed by atoms with E-state index in [-0.39, 0.29) is 16.5 Å². The number of benzene rings is 1. The zero-order valence-corrected chi connectivity index (χ0v) is 10.5. The average molecular weight is 316 g/mol. The summed E-state index contributed by atoms with van der Waals surface area (Å²) in [6.45, 7) is 3.78. The molecule has 1 rings (SSSR count). The van der Waals surface area contributed by atoms with Crippen LogP contribution in [0.15, 0.2) is 43.0 Å². The summed E-state index contributed by atoms with van der Waals surface area (Å²) in [5.74, 6) is -0.182. The minimum Gasteiger partial charge on any atom is -0.461 e. The van der Waals surface area contributed by atoms with Crippen molar-refractivity contribution in [3.05, 3.63) is 48.6 Å². The summed E-state index contributed by atoms with van der Waals surface area (Å²) in [5, 5.41) is 0. The molecular weight excluding hydrogens is 303 g/mol. The Balaban J connectivity index is 2.45. The van der Waals surface area contributed by atoms with Gasteiger partial charge < -0.3 is 4.74 Å². The number of ether oxygens (including phenoxy) is 1. The van der Waals surface area contributed by atoms with E-state index in [0.717, 1.165) is 5.56 Å². The van der Waals surface area contributed by atoms with Gasteiger partial charge in [-0.3, -0.25) is 4.79 Å². The van der Waals surface area contributed by atoms with Crippen LogP contribution in [0.2, 0.25) is 0 Å². The number of carbonyl (C=O) groups excluding carboxylic acids is 1. The molecular formula is C12H13IO2. The number of alkyl halides is 1. The van der Waals surface area contributed by atoms with Crippen molar-refractivity contribution in [3.63, 3.8) is 0 Å². The SMILES string of the molecule is C=CCOC(=O)CC(I)c1ccccc1. The van der Waals surface area contributed by atoms with Crippen molar-refractivity contribution in [1.82, 2.24) is 0 Å². The highest BCUT2D eigenvalue weighted by Crippen LogP contribution is 2.26. The fraction of sp³-hybridized carbons (Fsp3) is 0.250. The Labute approximate surface area is 103 Å². The number of rotatable bonds is 5. The molecule has 1 aromatic carbocycles. The molecule has 0 heterocycles. The third-order valence-corrected chi connectivity index (χ3v) is 3.03. The number of halogens is 1. The van der Waals surface area contributed by atoms with Crippen LogP contribution in [0.25, 0.3) is 0 Å². The van der Waals surface area contributed by atoms with E-state index < -0.39 is 0 Å². The maximum Gasteiger partial charge on any atom is 0.307 e. The van der Waals surface area contributed by atoms with Crippen LogP contribution in [0.4, 0.5) is 0 Å². The first-order chi connectivity index (χ1) is 7.24. The zero-order valence-electron chi connectivity index (χ0n) is 8.36. The Bertz CT molecular complexity index is 322. The topological polar surface area (TPSA) is 26.3 Å². The molecule has 3 heteroatoms. The number of hydrogen-bond donors (Lipinski definition) is 0. The minimum atomic E-state index is -0.182. The predicted octanol–water partition coefficient (Wildman–Crippen LogP) is 3.28. The molecule has 0 aliphatic rings. The van der Waals surface area contributed by atoms with Gasteiger partial charge in [0.15, 0.2) is 0 Å². The van der Waals surface area contributed by atoms with Gasteiger partial charge >= 0.3 is 5.97 Å². The highest BCUT2D eigenvalue weighted by molar-refractivity contribution is 14.1. The van der Waals surface area contributed by atoms with E-state index in [4.69, 9.17) is 4.74 Å². The molecule has 0 bridgehead atoms. The van der Waals surface area contributed by atoms with Gasteiger partial charge in [0, 0.05) is 3.92 Å². The molecule has 2 nitrogen and oxygen atoms in total. The summed E-state index contributed by atoms with van der Waals surface area (Å²) in [7, 11) is 0. The molecule has 0 saturated carbocycles. The van der Waals surface area contributed by atoms with E-state index in [9.17, 15) is 4.79 Å². The summed E-state index contributed by atoms with van der Waals surface area (Å²) in [6, 6.07) is 9.92. The standard InChI is InChI=1S/C12H13IO2/c1-2-8-15-12(14)9-11(13)10-6-4-3-5-7-10/h2-7,11H,1,8-9H2. The van der Waals surface area contributed by atoms with Crippen LogP contribution >= 0.6 is 22.6 Å². The fourth-order valence-corrected chi connectivity index (χ4v) is 1.91. The van der Waals surface area contributed by atoms with E-state index in [0.29, 0.717) is 6.42 Å². The molecule has 1 aromatic rings. The molecule has 0 saturated heterocycles. The van der Waals surface area contributed by atoms with Crippen LogP contribution in [0.5, 0.6) is 0 Å². The number of carbonyl (C=O) groups is 1. The van der Waals surface area contributed by atoms with Crippen LogP contribution < -0.4 is 0 Å². The highest BCUT2D eigenvalue weighted by Gasteiger charge is 2.12. The van der Waals surface area contributed by atoms with Gasteiger partial charge in [0.05, 0.1) is 6.42 Å². The molecule has 80 valence electrons. The highest BCUT2D eigenvalue weighted by atomic mass is 127. The summed E-state index contributed by atoms with van der Waals surface area (Å²) in [6.07, 6.45) is 1.97. The van der Waals surface area contributed by atoms with E-state index in [1.807, 2.05) is 30.3 Å². The fourth-order valence-electron chi connectivity index (χ4n) is 1.14. The maximum atomic E-state index is 11.3. The van der Waals surface area contributed by atoms with Gasteiger partial charge in [-0.05, 0) is 5.56 Å². The normalized spacial score (nSPS) is 11.8. The van der Waals surface area contributed by atoms with Crippen LogP contribution in [-0.2, 0) is 9.53 Å². The van der Waals surface area contributed by atoms with Crippen molar-refractivity contribution in [2.24, 2.45) is 0 Å². The Kier molecular flexibility index (Phi) is 5.39. The monoisotopic (exact) mass is 316 g/mol. The lowest BCUT2D eigenvalue weighted by Gasteiger charge is -2.08. The zero-order chi connectivity index (χ0) is 11.1. The van der Waals surface area contributed by atoms with Crippen molar-refractivity contribution in [2.45, 2.75) is 10.3 Å². The van der Waals surface area contributed by atoms with Gasteiger partial charge in [0.2, 0.25) is 0 Å². The lowest BCUT2D eigenvalue weighted by atomic mass is 10.1. The molecule has 0 aliphatic heterocycles. The second-order valence-electron chi connectivity index (χ2n) is 3.05. The third kappa shape index (κ3) is 4.46. The van der Waals surface area contributed by atoms with Crippen molar-refractivity contribution >= 4 is 28.6 Å². The molecule has 1 atom stereocenters. The second kappa shape index (κ2) is 6.61. The second-order valence-corrected chi connectivity index (χ2v) is 4.56. The molecule has 0 aromatic heterocycles. The molecule has 0 amide bonds. The van der Waals surface area contributed by atoms with Gasteiger partial charge in [-0.1, -0.05) is 65.6 Å². The van der Waals surface area contributed by atoms with Crippen LogP contribution in [0, 0.1) is 0 Å². The molecule has 0 fully saturated rings. The van der Waals surface area contributed by atoms with Crippen molar-refractivity contribution < 1.29 is 9.53 Å². The Morgan fingerprint density at radius 3 is 2.73 bits per heavy atom. The van der Waals surface area contributed by atoms with E-state index in [2.05, 4.69) is 29.2 Å². The maximum absolute atomic E-state index is 11.3. The van der Waals surface area contributed by atoms with Crippen molar-refractivity contribution in [3.8, 4) is 0 Å². The summed E-state index contributed by atoms with van der Waals surface area (Å²) in [4.78, 5) is 11.3. The first kappa shape index (κ1) is 12.2. The number of hydrogen-bond acceptors (Lipinski definition) is 2. The third-order valence-electron chi connectivity index (χ3n) is 1.87. The average Bonchev–Trinajstić information content (AvgIpc) is 2.27. The van der Waals surface area contributed by atoms with Gasteiger partial charge in [-0.2, -0.15) is 0 Å². The Hall–Kier alpha value is -0.840. The van der Waals surface area contributed by atoms with Gasteiger partial charge in [0.25, 0.3) is 0 Å². The molecule has 15 heavy (non-hydrogen) atoms. The Morgan fingerprint density at radius 2 is 2.13 bits per heavy atom. The first-order valence-electron chi connectivity index (χ1n) is 4.69. The molecule has 0 radical (unpaired) electrons. The van der Waals surface area contributed by atoms with E-state index in [1.54, 1.807) is 6.08 Å². The van der Waals surface area contributed by atoms with Gasteiger partial charge in [-0.15, -0.1) is 0 Å². The van der Waals surface area contributed by atoms with Crippen molar-refractivity contribution in [1.29, 1.82) is 0 Å². The molecule has 0 spiro atoms. The largest absolute Gasteiger partial charge is 0.461 e. The lowest BCUT2D eigenvalue weighted by molar-refractivity contribution is -0.142. The summed E-state index contributed by atoms with van der Waals surface area (Å²) in [5.41, 5.74) is 1.15. The van der Waals surface area contributed by atoms with Crippen LogP contribution in [-0.4, -0.2) is 12.6 Å². The van der Waals surface area contributed by atoms with Crippen LogP contribution in [0.3, 0.4) is 0 Å². The van der Waals surface area contributed by atoms with E-state index in [1.165, 1.54) is 0 Å². The lowest BCUT2D eigenvalue weighted by Crippen LogP contribution is -2.07. The molecule has 0 aliphatic carbocycles. The predicted molar refractivity (Wildman–Crippen MR) is 69.0 cm³/mol. The Morgan fingerprint density at radius 1 is 1.47 bits per heavy atom. The molecule has 0 N–H and O–H groups in total.